The van der Waals surface area contributed by atoms with E-state index in [0.717, 1.165) is 29.7 Å². The molecule has 0 saturated carbocycles. The summed E-state index contributed by atoms with van der Waals surface area (Å²) in [4.78, 5) is 38.1. The Bertz CT molecular complexity index is 1170. The Morgan fingerprint density at radius 3 is 2.31 bits per heavy atom. The van der Waals surface area contributed by atoms with Gasteiger partial charge in [0.15, 0.2) is 12.4 Å². The minimum Gasteiger partial charge on any atom is -0.484 e. The molecule has 1 aliphatic carbocycles. The van der Waals surface area contributed by atoms with Gasteiger partial charge in [-0.25, -0.2) is 9.18 Å². The van der Waals surface area contributed by atoms with Crippen LogP contribution in [0.2, 0.25) is 0 Å². The number of hydrogen-bond acceptors (Lipinski definition) is 6. The van der Waals surface area contributed by atoms with Gasteiger partial charge in [0.05, 0.1) is 12.7 Å². The van der Waals surface area contributed by atoms with Crippen LogP contribution in [0.4, 0.5) is 9.39 Å². The second-order valence-electron chi connectivity index (χ2n) is 7.25. The normalized spacial score (nSPS) is 12.2. The molecule has 1 amide bonds. The van der Waals surface area contributed by atoms with Crippen LogP contribution in [-0.4, -0.2) is 31.4 Å². The fourth-order valence-corrected chi connectivity index (χ4v) is 4.89. The lowest BCUT2D eigenvalue weighted by atomic mass is 10.0. The van der Waals surface area contributed by atoms with Crippen LogP contribution in [0.1, 0.15) is 43.1 Å². The summed E-state index contributed by atoms with van der Waals surface area (Å²) >= 11 is 1.40. The lowest BCUT2D eigenvalue weighted by Gasteiger charge is -2.09. The van der Waals surface area contributed by atoms with Gasteiger partial charge in [0.25, 0.3) is 5.91 Å². The summed E-state index contributed by atoms with van der Waals surface area (Å²) in [5, 5.41) is 3.23. The van der Waals surface area contributed by atoms with Crippen LogP contribution in [0.15, 0.2) is 48.5 Å². The molecule has 0 atom stereocenters. The average Bonchev–Trinajstić information content (AvgIpc) is 3.38. The molecule has 1 aromatic heterocycles. The van der Waals surface area contributed by atoms with Gasteiger partial charge in [-0.1, -0.05) is 0 Å². The van der Waals surface area contributed by atoms with Crippen molar-refractivity contribution < 1.29 is 28.2 Å². The summed E-state index contributed by atoms with van der Waals surface area (Å²) in [6, 6.07) is 11.7. The standard InChI is InChI=1S/C24H20FNO5S/c1-30-24(29)21-18-3-2-4-19(18)32-23(21)26-20(27)13-31-17-11-7-15(8-12-17)22(28)14-5-9-16(25)10-6-14/h5-12H,2-4,13H2,1H3,(H,26,27). The Kier molecular flexibility index (Phi) is 6.32. The Morgan fingerprint density at radius 2 is 1.66 bits per heavy atom. The van der Waals surface area contributed by atoms with Gasteiger partial charge < -0.3 is 14.8 Å². The molecule has 0 unspecified atom stereocenters. The van der Waals surface area contributed by atoms with Gasteiger partial charge in [0.1, 0.15) is 16.6 Å². The highest BCUT2D eigenvalue weighted by Crippen LogP contribution is 2.39. The molecule has 0 bridgehead atoms. The number of benzene rings is 2. The van der Waals surface area contributed by atoms with Crippen molar-refractivity contribution in [1.29, 1.82) is 0 Å². The van der Waals surface area contributed by atoms with Crippen LogP contribution in [0.3, 0.4) is 0 Å². The highest BCUT2D eigenvalue weighted by atomic mass is 32.1. The van der Waals surface area contributed by atoms with Gasteiger partial charge in [0, 0.05) is 16.0 Å². The van der Waals surface area contributed by atoms with Crippen LogP contribution >= 0.6 is 11.3 Å². The van der Waals surface area contributed by atoms with Gasteiger partial charge in [-0.2, -0.15) is 0 Å². The first-order chi connectivity index (χ1) is 15.5. The molecule has 32 heavy (non-hydrogen) atoms. The summed E-state index contributed by atoms with van der Waals surface area (Å²) in [5.74, 6) is -1.09. The average molecular weight is 453 g/mol. The van der Waals surface area contributed by atoms with Gasteiger partial charge in [-0.15, -0.1) is 11.3 Å². The number of thiophene rings is 1. The first-order valence-corrected chi connectivity index (χ1v) is 10.8. The number of carbonyl (C=O) groups excluding carboxylic acids is 3. The van der Waals surface area contributed by atoms with Crippen LogP contribution < -0.4 is 10.1 Å². The van der Waals surface area contributed by atoms with E-state index >= 15 is 0 Å². The number of carbonyl (C=O) groups is 3. The number of nitrogens with one attached hydrogen (secondary N) is 1. The highest BCUT2D eigenvalue weighted by Gasteiger charge is 2.28. The van der Waals surface area contributed by atoms with Gasteiger partial charge in [0.2, 0.25) is 0 Å². The van der Waals surface area contributed by atoms with E-state index in [4.69, 9.17) is 9.47 Å². The zero-order valence-corrected chi connectivity index (χ0v) is 18.1. The molecule has 0 aliphatic heterocycles. The van der Waals surface area contributed by atoms with E-state index in [2.05, 4.69) is 5.32 Å². The number of hydrogen-bond donors (Lipinski definition) is 1. The number of esters is 1. The highest BCUT2D eigenvalue weighted by molar-refractivity contribution is 7.17. The van der Waals surface area contributed by atoms with E-state index in [0.29, 0.717) is 27.4 Å². The molecule has 8 heteroatoms. The number of fused-ring (bicyclic) bond motifs is 1. The largest absolute Gasteiger partial charge is 0.484 e. The molecule has 0 spiro atoms. The topological polar surface area (TPSA) is 81.7 Å². The predicted molar refractivity (Wildman–Crippen MR) is 118 cm³/mol. The van der Waals surface area contributed by atoms with Crippen molar-refractivity contribution in [2.24, 2.45) is 0 Å². The summed E-state index contributed by atoms with van der Waals surface area (Å²) in [6.07, 6.45) is 2.67. The quantitative estimate of drug-likeness (QED) is 0.423. The summed E-state index contributed by atoms with van der Waals surface area (Å²) in [7, 11) is 1.32. The molecule has 6 nitrogen and oxygen atoms in total. The van der Waals surface area contributed by atoms with E-state index in [1.165, 1.54) is 42.7 Å². The Balaban J connectivity index is 1.37. The third-order valence-corrected chi connectivity index (χ3v) is 6.36. The van der Waals surface area contributed by atoms with Gasteiger partial charge in [-0.3, -0.25) is 9.59 Å². The van der Waals surface area contributed by atoms with Gasteiger partial charge in [-0.05, 0) is 73.4 Å². The lowest BCUT2D eigenvalue weighted by molar-refractivity contribution is -0.118. The van der Waals surface area contributed by atoms with Crippen molar-refractivity contribution in [3.05, 3.63) is 81.5 Å². The van der Waals surface area contributed by atoms with Crippen molar-refractivity contribution in [2.45, 2.75) is 19.3 Å². The molecule has 4 rings (SSSR count). The molecule has 0 saturated heterocycles. The smallest absolute Gasteiger partial charge is 0.341 e. The summed E-state index contributed by atoms with van der Waals surface area (Å²) in [5.41, 5.74) is 2.19. The van der Waals surface area contributed by atoms with Crippen LogP contribution in [0, 0.1) is 5.82 Å². The number of ketones is 1. The molecular formula is C24H20FNO5S. The van der Waals surface area contributed by atoms with Crippen molar-refractivity contribution >= 4 is 34.0 Å². The monoisotopic (exact) mass is 453 g/mol. The molecular weight excluding hydrogens is 433 g/mol. The first kappa shape index (κ1) is 21.7. The van der Waals surface area contributed by atoms with Crippen molar-refractivity contribution in [3.63, 3.8) is 0 Å². The van der Waals surface area contributed by atoms with Gasteiger partial charge >= 0.3 is 5.97 Å². The third kappa shape index (κ3) is 4.55. The maximum atomic E-state index is 13.0. The molecule has 0 fully saturated rings. The molecule has 1 heterocycles. The SMILES string of the molecule is COC(=O)c1c(NC(=O)COc2ccc(C(=O)c3ccc(F)cc3)cc2)sc2c1CCC2. The van der Waals surface area contributed by atoms with E-state index in [1.54, 1.807) is 24.3 Å². The summed E-state index contributed by atoms with van der Waals surface area (Å²) in [6.45, 7) is -0.256. The van der Waals surface area contributed by atoms with E-state index in [-0.39, 0.29) is 12.4 Å². The van der Waals surface area contributed by atoms with E-state index in [9.17, 15) is 18.8 Å². The number of rotatable bonds is 7. The predicted octanol–water partition coefficient (Wildman–Crippen LogP) is 4.41. The first-order valence-electron chi connectivity index (χ1n) is 10.0. The molecule has 3 aromatic rings. The number of ether oxygens (including phenoxy) is 2. The van der Waals surface area contributed by atoms with Crippen molar-refractivity contribution in [3.8, 4) is 5.75 Å². The molecule has 164 valence electrons. The maximum absolute atomic E-state index is 13.0. The number of methoxy groups -OCH3 is 1. The number of anilines is 1. The molecule has 1 aliphatic rings. The second kappa shape index (κ2) is 9.32. The second-order valence-corrected chi connectivity index (χ2v) is 8.36. The van der Waals surface area contributed by atoms with Crippen molar-refractivity contribution in [1.82, 2.24) is 0 Å². The van der Waals surface area contributed by atoms with E-state index < -0.39 is 17.7 Å². The minimum atomic E-state index is -0.456. The number of halogens is 1. The minimum absolute atomic E-state index is 0.240. The van der Waals surface area contributed by atoms with Crippen LogP contribution in [0.5, 0.6) is 5.75 Å². The zero-order valence-electron chi connectivity index (χ0n) is 17.3. The van der Waals surface area contributed by atoms with Crippen LogP contribution in [0.25, 0.3) is 0 Å². The summed E-state index contributed by atoms with van der Waals surface area (Å²) < 4.78 is 23.4. The lowest BCUT2D eigenvalue weighted by Crippen LogP contribution is -2.21. The molecule has 0 radical (unpaired) electrons. The Morgan fingerprint density at radius 1 is 1.00 bits per heavy atom. The van der Waals surface area contributed by atoms with E-state index in [1.807, 2.05) is 0 Å². The number of amides is 1. The van der Waals surface area contributed by atoms with Crippen LogP contribution in [-0.2, 0) is 22.4 Å². The number of aryl methyl sites for hydroxylation is 1. The molecule has 1 N–H and O–H groups in total. The fraction of sp³-hybridized carbons (Fsp3) is 0.208. The fourth-order valence-electron chi connectivity index (χ4n) is 3.59. The zero-order chi connectivity index (χ0) is 22.7. The Hall–Kier alpha value is -3.52. The Labute approximate surface area is 188 Å². The maximum Gasteiger partial charge on any atom is 0.341 e. The van der Waals surface area contributed by atoms with Crippen molar-refractivity contribution in [2.75, 3.05) is 19.0 Å². The molecule has 2 aromatic carbocycles. The third-order valence-electron chi connectivity index (χ3n) is 5.16.